The minimum Gasteiger partial charge on any atom is -0.385 e. The van der Waals surface area contributed by atoms with E-state index in [-0.39, 0.29) is 5.41 Å². The average molecular weight is 252 g/mol. The largest absolute Gasteiger partial charge is 0.385 e. The van der Waals surface area contributed by atoms with Crippen molar-refractivity contribution in [2.75, 3.05) is 44.6 Å². The van der Waals surface area contributed by atoms with Crippen molar-refractivity contribution in [3.05, 3.63) is 12.4 Å². The van der Waals surface area contributed by atoms with Crippen LogP contribution in [0.15, 0.2) is 12.4 Å². The van der Waals surface area contributed by atoms with E-state index >= 15 is 0 Å². The molecule has 0 bridgehead atoms. The van der Waals surface area contributed by atoms with E-state index in [1.807, 2.05) is 19.0 Å². The predicted octanol–water partition coefficient (Wildman–Crippen LogP) is 2.02. The maximum atomic E-state index is 5.13. The summed E-state index contributed by atoms with van der Waals surface area (Å²) >= 11 is 0. The van der Waals surface area contributed by atoms with Gasteiger partial charge in [0.2, 0.25) is 0 Å². The molecule has 0 radical (unpaired) electrons. The number of hydrogen-bond acceptors (Lipinski definition) is 5. The number of rotatable bonds is 7. The van der Waals surface area contributed by atoms with Gasteiger partial charge in [-0.05, 0) is 11.8 Å². The molecule has 0 unspecified atom stereocenters. The van der Waals surface area contributed by atoms with Gasteiger partial charge in [-0.3, -0.25) is 0 Å². The summed E-state index contributed by atoms with van der Waals surface area (Å²) in [5, 5.41) is 3.37. The fraction of sp³-hybridized carbons (Fsp3) is 0.692. The minimum absolute atomic E-state index is 0.164. The van der Waals surface area contributed by atoms with Crippen LogP contribution in [0.5, 0.6) is 0 Å². The van der Waals surface area contributed by atoms with Gasteiger partial charge >= 0.3 is 0 Å². The lowest BCUT2D eigenvalue weighted by Crippen LogP contribution is -2.26. The van der Waals surface area contributed by atoms with E-state index in [1.165, 1.54) is 0 Å². The summed E-state index contributed by atoms with van der Waals surface area (Å²) in [6, 6.07) is 0. The fourth-order valence-corrected chi connectivity index (χ4v) is 1.57. The monoisotopic (exact) mass is 252 g/mol. The van der Waals surface area contributed by atoms with Crippen molar-refractivity contribution in [1.29, 1.82) is 0 Å². The van der Waals surface area contributed by atoms with Crippen LogP contribution in [0.2, 0.25) is 0 Å². The molecule has 0 aliphatic carbocycles. The maximum Gasteiger partial charge on any atom is 0.171 e. The maximum absolute atomic E-state index is 5.13. The number of nitrogens with one attached hydrogen (secondary N) is 1. The first-order valence-electron chi connectivity index (χ1n) is 6.17. The standard InChI is InChI=1S/C13H24N4O/c1-13(2,6-9-18-5)10-16-11-12(17(3)4)15-8-7-14-11/h7-8H,6,9-10H2,1-5H3,(H,14,16). The van der Waals surface area contributed by atoms with E-state index in [1.54, 1.807) is 19.5 Å². The quantitative estimate of drug-likeness (QED) is 0.804. The second-order valence-corrected chi connectivity index (χ2v) is 5.38. The average Bonchev–Trinajstić information content (AvgIpc) is 2.34. The smallest absolute Gasteiger partial charge is 0.171 e. The lowest BCUT2D eigenvalue weighted by atomic mass is 9.90. The van der Waals surface area contributed by atoms with E-state index in [4.69, 9.17) is 4.74 Å². The van der Waals surface area contributed by atoms with Gasteiger partial charge in [-0.2, -0.15) is 0 Å². The van der Waals surface area contributed by atoms with Crippen molar-refractivity contribution in [3.63, 3.8) is 0 Å². The van der Waals surface area contributed by atoms with Crippen LogP contribution in [0, 0.1) is 5.41 Å². The Kier molecular flexibility index (Phi) is 5.34. The van der Waals surface area contributed by atoms with Gasteiger partial charge in [0, 0.05) is 46.8 Å². The molecule has 5 heteroatoms. The first-order chi connectivity index (χ1) is 8.46. The molecule has 5 nitrogen and oxygen atoms in total. The Hall–Kier alpha value is -1.36. The Morgan fingerprint density at radius 3 is 2.56 bits per heavy atom. The molecule has 0 saturated carbocycles. The van der Waals surface area contributed by atoms with Gasteiger partial charge in [0.1, 0.15) is 0 Å². The van der Waals surface area contributed by atoms with Crippen LogP contribution in [0.3, 0.4) is 0 Å². The van der Waals surface area contributed by atoms with Crippen LogP contribution in [-0.2, 0) is 4.74 Å². The highest BCUT2D eigenvalue weighted by molar-refractivity contribution is 5.59. The highest BCUT2D eigenvalue weighted by atomic mass is 16.5. The molecule has 0 spiro atoms. The highest BCUT2D eigenvalue weighted by Crippen LogP contribution is 2.23. The third kappa shape index (κ3) is 4.49. The molecule has 1 rings (SSSR count). The van der Waals surface area contributed by atoms with E-state index in [9.17, 15) is 0 Å². The zero-order valence-corrected chi connectivity index (χ0v) is 12.0. The van der Waals surface area contributed by atoms with Crippen LogP contribution in [-0.4, -0.2) is 44.3 Å². The van der Waals surface area contributed by atoms with Crippen LogP contribution < -0.4 is 10.2 Å². The molecule has 0 atom stereocenters. The molecular formula is C13H24N4O. The normalized spacial score (nSPS) is 11.4. The van der Waals surface area contributed by atoms with Crippen molar-refractivity contribution < 1.29 is 4.74 Å². The Balaban J connectivity index is 2.63. The molecule has 18 heavy (non-hydrogen) atoms. The predicted molar refractivity (Wildman–Crippen MR) is 75.1 cm³/mol. The Bertz CT molecular complexity index is 366. The molecule has 1 heterocycles. The van der Waals surface area contributed by atoms with Crippen molar-refractivity contribution >= 4 is 11.6 Å². The topological polar surface area (TPSA) is 50.3 Å². The second kappa shape index (κ2) is 6.54. The Labute approximate surface area is 110 Å². The van der Waals surface area contributed by atoms with Gasteiger partial charge in [-0.15, -0.1) is 0 Å². The van der Waals surface area contributed by atoms with Gasteiger partial charge in [0.15, 0.2) is 11.6 Å². The van der Waals surface area contributed by atoms with Gasteiger partial charge in [0.05, 0.1) is 0 Å². The van der Waals surface area contributed by atoms with Crippen molar-refractivity contribution in [2.45, 2.75) is 20.3 Å². The molecule has 1 aromatic rings. The van der Waals surface area contributed by atoms with E-state index in [0.29, 0.717) is 0 Å². The molecule has 0 aromatic carbocycles. The van der Waals surface area contributed by atoms with E-state index in [0.717, 1.165) is 31.2 Å². The zero-order chi connectivity index (χ0) is 13.6. The Morgan fingerprint density at radius 2 is 1.94 bits per heavy atom. The molecule has 102 valence electrons. The highest BCUT2D eigenvalue weighted by Gasteiger charge is 2.18. The lowest BCUT2D eigenvalue weighted by molar-refractivity contribution is 0.157. The number of nitrogens with zero attached hydrogens (tertiary/aromatic N) is 3. The van der Waals surface area contributed by atoms with Crippen LogP contribution in [0.1, 0.15) is 20.3 Å². The first-order valence-corrected chi connectivity index (χ1v) is 6.17. The van der Waals surface area contributed by atoms with Crippen LogP contribution >= 0.6 is 0 Å². The zero-order valence-electron chi connectivity index (χ0n) is 12.0. The second-order valence-electron chi connectivity index (χ2n) is 5.38. The summed E-state index contributed by atoms with van der Waals surface area (Å²) < 4.78 is 5.13. The third-order valence-electron chi connectivity index (χ3n) is 2.82. The minimum atomic E-state index is 0.164. The molecule has 0 saturated heterocycles. The summed E-state index contributed by atoms with van der Waals surface area (Å²) in [6.07, 6.45) is 4.42. The molecule has 0 fully saturated rings. The number of anilines is 2. The molecule has 0 amide bonds. The Morgan fingerprint density at radius 1 is 1.28 bits per heavy atom. The van der Waals surface area contributed by atoms with Crippen molar-refractivity contribution in [3.8, 4) is 0 Å². The van der Waals surface area contributed by atoms with Crippen LogP contribution in [0.4, 0.5) is 11.6 Å². The lowest BCUT2D eigenvalue weighted by Gasteiger charge is -2.26. The summed E-state index contributed by atoms with van der Waals surface area (Å²) in [5.41, 5.74) is 0.164. The van der Waals surface area contributed by atoms with Gasteiger partial charge in [-0.1, -0.05) is 13.8 Å². The summed E-state index contributed by atoms with van der Waals surface area (Å²) in [6.45, 7) is 6.04. The molecular weight excluding hydrogens is 228 g/mol. The van der Waals surface area contributed by atoms with Gasteiger partial charge in [0.25, 0.3) is 0 Å². The van der Waals surface area contributed by atoms with Crippen molar-refractivity contribution in [2.24, 2.45) is 5.41 Å². The number of methoxy groups -OCH3 is 1. The van der Waals surface area contributed by atoms with Gasteiger partial charge < -0.3 is 15.0 Å². The fourth-order valence-electron chi connectivity index (χ4n) is 1.57. The number of hydrogen-bond donors (Lipinski definition) is 1. The molecule has 0 aliphatic rings. The molecule has 0 aliphatic heterocycles. The van der Waals surface area contributed by atoms with E-state index < -0.39 is 0 Å². The summed E-state index contributed by atoms with van der Waals surface area (Å²) in [7, 11) is 5.66. The first kappa shape index (κ1) is 14.7. The van der Waals surface area contributed by atoms with Crippen LogP contribution in [0.25, 0.3) is 0 Å². The summed E-state index contributed by atoms with van der Waals surface area (Å²) in [5.74, 6) is 1.69. The molecule has 1 N–H and O–H groups in total. The number of aromatic nitrogens is 2. The van der Waals surface area contributed by atoms with E-state index in [2.05, 4.69) is 29.1 Å². The third-order valence-corrected chi connectivity index (χ3v) is 2.82. The SMILES string of the molecule is COCCC(C)(C)CNc1nccnc1N(C)C. The summed E-state index contributed by atoms with van der Waals surface area (Å²) in [4.78, 5) is 10.6. The number of ether oxygens (including phenoxy) is 1. The van der Waals surface area contributed by atoms with Gasteiger partial charge in [-0.25, -0.2) is 9.97 Å². The van der Waals surface area contributed by atoms with Crippen molar-refractivity contribution in [1.82, 2.24) is 9.97 Å². The molecule has 1 aromatic heterocycles.